The highest BCUT2D eigenvalue weighted by atomic mass is 16.5. The molecule has 0 spiro atoms. The average molecular weight is 453 g/mol. The standard InChI is InChI=1S/C28H28N4O2/c29-28(30)21-6-3-5-19(16-21)25-7-2-1-4-22(25)18-32-26-10-9-24(17-20(26)8-11-27(32)33)34-23-12-14-31-15-13-23/h1-11,16-17,23,31H,12-15,18H2,(H3,29,30). The van der Waals surface area contributed by atoms with Gasteiger partial charge in [0.2, 0.25) is 0 Å². The van der Waals surface area contributed by atoms with Gasteiger partial charge in [0.05, 0.1) is 12.1 Å². The molecule has 0 amide bonds. The van der Waals surface area contributed by atoms with E-state index in [2.05, 4.69) is 5.32 Å². The van der Waals surface area contributed by atoms with Crippen molar-refractivity contribution in [2.24, 2.45) is 5.73 Å². The Labute approximate surface area is 198 Å². The van der Waals surface area contributed by atoms with E-state index in [-0.39, 0.29) is 17.5 Å². The Morgan fingerprint density at radius 3 is 2.65 bits per heavy atom. The van der Waals surface area contributed by atoms with Crippen molar-refractivity contribution in [1.82, 2.24) is 9.88 Å². The molecule has 6 heteroatoms. The quantitative estimate of drug-likeness (QED) is 0.303. The molecule has 1 fully saturated rings. The Hall–Kier alpha value is -3.90. The van der Waals surface area contributed by atoms with E-state index in [0.717, 1.165) is 59.3 Å². The van der Waals surface area contributed by atoms with Gasteiger partial charge in [0.25, 0.3) is 5.56 Å². The summed E-state index contributed by atoms with van der Waals surface area (Å²) in [7, 11) is 0. The largest absolute Gasteiger partial charge is 0.490 e. The molecular formula is C28H28N4O2. The molecule has 172 valence electrons. The predicted molar refractivity (Wildman–Crippen MR) is 137 cm³/mol. The molecular weight excluding hydrogens is 424 g/mol. The Kier molecular flexibility index (Phi) is 6.14. The van der Waals surface area contributed by atoms with Crippen molar-refractivity contribution >= 4 is 16.7 Å². The number of nitrogens with zero attached hydrogens (tertiary/aromatic N) is 1. The number of nitrogens with one attached hydrogen (secondary N) is 2. The fraction of sp³-hybridized carbons (Fsp3) is 0.214. The summed E-state index contributed by atoms with van der Waals surface area (Å²) in [6, 6.07) is 25.1. The van der Waals surface area contributed by atoms with Crippen LogP contribution in [-0.2, 0) is 6.54 Å². The molecule has 1 aliphatic rings. The van der Waals surface area contributed by atoms with Gasteiger partial charge in [-0.05, 0) is 73.0 Å². The zero-order valence-corrected chi connectivity index (χ0v) is 19.0. The first kappa shape index (κ1) is 21.9. The third-order valence-electron chi connectivity index (χ3n) is 6.38. The number of piperidine rings is 1. The number of hydrogen-bond acceptors (Lipinski definition) is 4. The van der Waals surface area contributed by atoms with Crippen LogP contribution in [0.4, 0.5) is 0 Å². The fourth-order valence-corrected chi connectivity index (χ4v) is 4.59. The van der Waals surface area contributed by atoms with E-state index < -0.39 is 0 Å². The second kappa shape index (κ2) is 9.53. The highest BCUT2D eigenvalue weighted by Crippen LogP contribution is 2.27. The lowest BCUT2D eigenvalue weighted by Crippen LogP contribution is -2.34. The zero-order chi connectivity index (χ0) is 23.5. The summed E-state index contributed by atoms with van der Waals surface area (Å²) >= 11 is 0. The summed E-state index contributed by atoms with van der Waals surface area (Å²) in [6.07, 6.45) is 2.22. The lowest BCUT2D eigenvalue weighted by molar-refractivity contribution is 0.162. The highest BCUT2D eigenvalue weighted by molar-refractivity contribution is 5.96. The normalized spacial score (nSPS) is 14.2. The van der Waals surface area contributed by atoms with Crippen LogP contribution in [0.15, 0.2) is 83.7 Å². The molecule has 1 saturated heterocycles. The number of amidine groups is 1. The van der Waals surface area contributed by atoms with Gasteiger partial charge in [0.15, 0.2) is 0 Å². The van der Waals surface area contributed by atoms with Crippen molar-refractivity contribution in [3.8, 4) is 16.9 Å². The van der Waals surface area contributed by atoms with Crippen LogP contribution >= 0.6 is 0 Å². The fourth-order valence-electron chi connectivity index (χ4n) is 4.59. The SMILES string of the molecule is N=C(N)c1cccc(-c2ccccc2Cn2c(=O)ccc3cc(OC4CCNCC4)ccc32)c1. The molecule has 0 bridgehead atoms. The maximum absolute atomic E-state index is 12.9. The number of fused-ring (bicyclic) bond motifs is 1. The summed E-state index contributed by atoms with van der Waals surface area (Å²) < 4.78 is 8.01. The van der Waals surface area contributed by atoms with Crippen LogP contribution < -0.4 is 21.3 Å². The minimum Gasteiger partial charge on any atom is -0.490 e. The van der Waals surface area contributed by atoms with E-state index in [1.807, 2.05) is 72.8 Å². The molecule has 4 aromatic rings. The second-order valence-electron chi connectivity index (χ2n) is 8.70. The Balaban J connectivity index is 1.50. The monoisotopic (exact) mass is 452 g/mol. The molecule has 0 unspecified atom stereocenters. The molecule has 0 radical (unpaired) electrons. The Bertz CT molecular complexity index is 1400. The highest BCUT2D eigenvalue weighted by Gasteiger charge is 2.15. The average Bonchev–Trinajstić information content (AvgIpc) is 2.87. The first-order chi connectivity index (χ1) is 16.6. The third kappa shape index (κ3) is 4.58. The lowest BCUT2D eigenvalue weighted by atomic mass is 9.97. The first-order valence-corrected chi connectivity index (χ1v) is 11.6. The van der Waals surface area contributed by atoms with Gasteiger partial charge >= 0.3 is 0 Å². The van der Waals surface area contributed by atoms with E-state index in [1.54, 1.807) is 10.6 Å². The molecule has 0 saturated carbocycles. The zero-order valence-electron chi connectivity index (χ0n) is 19.0. The number of nitrogens with two attached hydrogens (primary N) is 1. The van der Waals surface area contributed by atoms with Gasteiger partial charge in [-0.15, -0.1) is 0 Å². The van der Waals surface area contributed by atoms with Crippen LogP contribution in [0.5, 0.6) is 5.75 Å². The third-order valence-corrected chi connectivity index (χ3v) is 6.38. The van der Waals surface area contributed by atoms with Crippen LogP contribution in [0.25, 0.3) is 22.0 Å². The van der Waals surface area contributed by atoms with Crippen LogP contribution in [0.2, 0.25) is 0 Å². The van der Waals surface area contributed by atoms with Crippen LogP contribution in [-0.4, -0.2) is 29.6 Å². The molecule has 1 aliphatic heterocycles. The molecule has 5 rings (SSSR count). The van der Waals surface area contributed by atoms with E-state index in [4.69, 9.17) is 15.9 Å². The van der Waals surface area contributed by atoms with Crippen LogP contribution in [0, 0.1) is 5.41 Å². The number of aromatic nitrogens is 1. The summed E-state index contributed by atoms with van der Waals surface area (Å²) in [5.74, 6) is 0.873. The molecule has 0 atom stereocenters. The molecule has 4 N–H and O–H groups in total. The van der Waals surface area contributed by atoms with Gasteiger partial charge < -0.3 is 20.4 Å². The van der Waals surface area contributed by atoms with Gasteiger partial charge in [0.1, 0.15) is 17.7 Å². The molecule has 1 aromatic heterocycles. The summed E-state index contributed by atoms with van der Waals surface area (Å²) in [5.41, 5.74) is 10.2. The van der Waals surface area contributed by atoms with Crippen LogP contribution in [0.1, 0.15) is 24.0 Å². The minimum atomic E-state index is -0.0492. The van der Waals surface area contributed by atoms with Crippen molar-refractivity contribution in [2.75, 3.05) is 13.1 Å². The van der Waals surface area contributed by atoms with Crippen molar-refractivity contribution in [1.29, 1.82) is 5.41 Å². The number of hydrogen-bond donors (Lipinski definition) is 3. The number of rotatable bonds is 6. The van der Waals surface area contributed by atoms with E-state index >= 15 is 0 Å². The van der Waals surface area contributed by atoms with E-state index in [1.165, 1.54) is 0 Å². The molecule has 0 aliphatic carbocycles. The molecule has 3 aromatic carbocycles. The Morgan fingerprint density at radius 2 is 1.82 bits per heavy atom. The number of pyridine rings is 1. The van der Waals surface area contributed by atoms with Gasteiger partial charge in [0, 0.05) is 17.0 Å². The minimum absolute atomic E-state index is 0.0344. The maximum Gasteiger partial charge on any atom is 0.251 e. The van der Waals surface area contributed by atoms with Crippen molar-refractivity contribution in [3.05, 3.63) is 100 Å². The van der Waals surface area contributed by atoms with Crippen molar-refractivity contribution in [2.45, 2.75) is 25.5 Å². The first-order valence-electron chi connectivity index (χ1n) is 11.6. The van der Waals surface area contributed by atoms with Gasteiger partial charge in [-0.25, -0.2) is 0 Å². The maximum atomic E-state index is 12.9. The van der Waals surface area contributed by atoms with Gasteiger partial charge in [-0.2, -0.15) is 0 Å². The smallest absolute Gasteiger partial charge is 0.251 e. The van der Waals surface area contributed by atoms with E-state index in [0.29, 0.717) is 12.1 Å². The topological polar surface area (TPSA) is 93.1 Å². The van der Waals surface area contributed by atoms with Gasteiger partial charge in [-0.3, -0.25) is 10.2 Å². The number of benzene rings is 3. The molecule has 34 heavy (non-hydrogen) atoms. The predicted octanol–water partition coefficient (Wildman–Crippen LogP) is 4.13. The van der Waals surface area contributed by atoms with Crippen LogP contribution in [0.3, 0.4) is 0 Å². The summed E-state index contributed by atoms with van der Waals surface area (Å²) in [5, 5.41) is 12.1. The molecule has 2 heterocycles. The number of ether oxygens (including phenoxy) is 1. The number of nitrogen functional groups attached to an aromatic ring is 1. The Morgan fingerprint density at radius 1 is 1.00 bits per heavy atom. The van der Waals surface area contributed by atoms with E-state index in [9.17, 15) is 4.79 Å². The molecule has 6 nitrogen and oxygen atoms in total. The van der Waals surface area contributed by atoms with Gasteiger partial charge in [-0.1, -0.05) is 42.5 Å². The van der Waals surface area contributed by atoms with Crippen molar-refractivity contribution < 1.29 is 4.74 Å². The lowest BCUT2D eigenvalue weighted by Gasteiger charge is -2.24. The second-order valence-corrected chi connectivity index (χ2v) is 8.70. The van der Waals surface area contributed by atoms with Crippen molar-refractivity contribution in [3.63, 3.8) is 0 Å². The summed E-state index contributed by atoms with van der Waals surface area (Å²) in [6.45, 7) is 2.39. The summed E-state index contributed by atoms with van der Waals surface area (Å²) in [4.78, 5) is 12.9.